The molecule has 1 amide bonds. The third-order valence-electron chi connectivity index (χ3n) is 8.78. The van der Waals surface area contributed by atoms with Gasteiger partial charge in [0.2, 0.25) is 5.91 Å². The zero-order valence-corrected chi connectivity index (χ0v) is 18.2. The molecular weight excluding hydrogens is 380 g/mol. The molecule has 29 heavy (non-hydrogen) atoms. The highest BCUT2D eigenvalue weighted by atomic mass is 35.5. The summed E-state index contributed by atoms with van der Waals surface area (Å²) in [5.74, 6) is 1.69. The number of carbonyl (C=O) groups excluding carboxylic acids is 1. The lowest BCUT2D eigenvalue weighted by Crippen LogP contribution is -2.63. The van der Waals surface area contributed by atoms with Gasteiger partial charge in [-0.3, -0.25) is 4.79 Å². The summed E-state index contributed by atoms with van der Waals surface area (Å²) in [6.07, 6.45) is 12.0. The van der Waals surface area contributed by atoms with E-state index in [1.54, 1.807) is 0 Å². The van der Waals surface area contributed by atoms with Crippen LogP contribution in [0.4, 0.5) is 0 Å². The summed E-state index contributed by atoms with van der Waals surface area (Å²) in [6, 6.07) is 11.7. The Morgan fingerprint density at radius 1 is 1.03 bits per heavy atom. The lowest BCUT2D eigenvalue weighted by molar-refractivity contribution is -0.164. The van der Waals surface area contributed by atoms with E-state index >= 15 is 0 Å². The van der Waals surface area contributed by atoms with Gasteiger partial charge < -0.3 is 11.1 Å². The van der Waals surface area contributed by atoms with Gasteiger partial charge >= 0.3 is 0 Å². The summed E-state index contributed by atoms with van der Waals surface area (Å²) < 4.78 is 0. The zero-order chi connectivity index (χ0) is 20.1. The van der Waals surface area contributed by atoms with E-state index in [4.69, 9.17) is 17.3 Å². The normalized spacial score (nSPS) is 43.3. The van der Waals surface area contributed by atoms with Gasteiger partial charge in [-0.05, 0) is 92.9 Å². The Hall–Kier alpha value is -1.06. The molecule has 0 aliphatic heterocycles. The van der Waals surface area contributed by atoms with Crippen LogP contribution in [-0.2, 0) is 10.2 Å². The van der Waals surface area contributed by atoms with Crippen molar-refractivity contribution in [2.75, 3.05) is 5.88 Å². The van der Waals surface area contributed by atoms with Crippen molar-refractivity contribution in [3.8, 4) is 0 Å². The van der Waals surface area contributed by atoms with E-state index in [9.17, 15) is 4.79 Å². The fraction of sp³-hybridized carbons (Fsp3) is 0.720. The van der Waals surface area contributed by atoms with Crippen molar-refractivity contribution in [2.45, 2.75) is 88.1 Å². The molecule has 1 aromatic carbocycles. The monoisotopic (exact) mass is 414 g/mol. The van der Waals surface area contributed by atoms with Crippen LogP contribution < -0.4 is 11.1 Å². The average Bonchev–Trinajstić information content (AvgIpc) is 2.69. The molecule has 5 saturated carbocycles. The Kier molecular flexibility index (Phi) is 4.98. The number of hydrogen-bond acceptors (Lipinski definition) is 2. The molecule has 5 fully saturated rings. The second kappa shape index (κ2) is 7.27. The summed E-state index contributed by atoms with van der Waals surface area (Å²) in [6.45, 7) is 0. The first kappa shape index (κ1) is 19.9. The number of halogens is 1. The molecule has 158 valence electrons. The van der Waals surface area contributed by atoms with Crippen molar-refractivity contribution in [3.63, 3.8) is 0 Å². The van der Waals surface area contributed by atoms with Gasteiger partial charge in [-0.1, -0.05) is 30.3 Å². The van der Waals surface area contributed by atoms with Gasteiger partial charge in [0.05, 0.1) is 5.41 Å². The van der Waals surface area contributed by atoms with E-state index in [1.165, 1.54) is 24.8 Å². The van der Waals surface area contributed by atoms with Crippen LogP contribution in [0.15, 0.2) is 30.3 Å². The minimum Gasteiger partial charge on any atom is -0.353 e. The quantitative estimate of drug-likeness (QED) is 0.672. The fourth-order valence-corrected chi connectivity index (χ4v) is 8.49. The summed E-state index contributed by atoms with van der Waals surface area (Å²) >= 11 is 6.31. The number of hydrogen-bond donors (Lipinski definition) is 2. The van der Waals surface area contributed by atoms with Crippen LogP contribution in [0.5, 0.6) is 0 Å². The van der Waals surface area contributed by atoms with E-state index in [0.29, 0.717) is 29.8 Å². The predicted molar refractivity (Wildman–Crippen MR) is 118 cm³/mol. The molecule has 0 aromatic heterocycles. The summed E-state index contributed by atoms with van der Waals surface area (Å²) in [5.41, 5.74) is 7.71. The molecule has 4 bridgehead atoms. The van der Waals surface area contributed by atoms with Crippen molar-refractivity contribution < 1.29 is 4.79 Å². The maximum absolute atomic E-state index is 13.8. The van der Waals surface area contributed by atoms with Crippen molar-refractivity contribution in [1.29, 1.82) is 0 Å². The Labute approximate surface area is 180 Å². The van der Waals surface area contributed by atoms with Gasteiger partial charge in [0.1, 0.15) is 0 Å². The largest absolute Gasteiger partial charge is 0.353 e. The Morgan fingerprint density at radius 2 is 1.79 bits per heavy atom. The number of nitrogens with one attached hydrogen (secondary N) is 1. The molecular formula is C25H35ClN2O. The maximum Gasteiger partial charge on any atom is 0.226 e. The molecule has 0 heterocycles. The van der Waals surface area contributed by atoms with Crippen LogP contribution >= 0.6 is 11.6 Å². The minimum atomic E-state index is -0.207. The lowest BCUT2D eigenvalue weighted by atomic mass is 9.38. The Balaban J connectivity index is 1.46. The molecule has 3 N–H and O–H groups in total. The van der Waals surface area contributed by atoms with Crippen molar-refractivity contribution >= 4 is 17.5 Å². The van der Waals surface area contributed by atoms with Crippen molar-refractivity contribution in [1.82, 2.24) is 5.32 Å². The molecule has 6 rings (SSSR count). The number of rotatable bonds is 5. The second-order valence-electron chi connectivity index (χ2n) is 11.0. The fourth-order valence-electron chi connectivity index (χ4n) is 8.09. The van der Waals surface area contributed by atoms with E-state index in [0.717, 1.165) is 51.4 Å². The van der Waals surface area contributed by atoms with E-state index in [2.05, 4.69) is 35.6 Å². The Morgan fingerprint density at radius 3 is 2.52 bits per heavy atom. The predicted octanol–water partition coefficient (Wildman–Crippen LogP) is 4.91. The third-order valence-corrected chi connectivity index (χ3v) is 8.97. The molecule has 4 atom stereocenters. The molecule has 3 nitrogen and oxygen atoms in total. The number of alkyl halides is 1. The van der Waals surface area contributed by atoms with Crippen molar-refractivity contribution in [2.24, 2.45) is 22.5 Å². The Bertz CT molecular complexity index is 761. The molecule has 5 aliphatic carbocycles. The molecule has 1 aromatic rings. The van der Waals surface area contributed by atoms with Crippen LogP contribution in [-0.4, -0.2) is 23.9 Å². The van der Waals surface area contributed by atoms with Gasteiger partial charge in [0, 0.05) is 18.0 Å². The molecule has 5 aliphatic rings. The second-order valence-corrected chi connectivity index (χ2v) is 11.3. The number of carbonyl (C=O) groups is 1. The molecule has 0 saturated heterocycles. The number of benzene rings is 1. The molecule has 0 radical (unpaired) electrons. The highest BCUT2D eigenvalue weighted by Crippen LogP contribution is 2.71. The SMILES string of the molecule is N[C@H]1CC[C@@H](NC(=O)C23CC4C[C@@](CCCl)(C2)C[C@](c2ccccc2)(C4)C3)CC1. The molecule has 0 spiro atoms. The van der Waals surface area contributed by atoms with Gasteiger partial charge in [0.25, 0.3) is 0 Å². The molecule has 2 unspecified atom stereocenters. The van der Waals surface area contributed by atoms with Gasteiger partial charge in [-0.2, -0.15) is 0 Å². The maximum atomic E-state index is 13.8. The van der Waals surface area contributed by atoms with Crippen LogP contribution in [0.3, 0.4) is 0 Å². The van der Waals surface area contributed by atoms with Crippen LogP contribution in [0.2, 0.25) is 0 Å². The first-order valence-electron chi connectivity index (χ1n) is 11.6. The number of amides is 1. The van der Waals surface area contributed by atoms with Gasteiger partial charge in [0.15, 0.2) is 0 Å². The highest BCUT2D eigenvalue weighted by molar-refractivity contribution is 6.17. The van der Waals surface area contributed by atoms with E-state index < -0.39 is 0 Å². The summed E-state index contributed by atoms with van der Waals surface area (Å²) in [7, 11) is 0. The number of nitrogens with two attached hydrogens (primary N) is 1. The van der Waals surface area contributed by atoms with E-state index in [-0.39, 0.29) is 16.2 Å². The standard InChI is InChI=1S/C25H35ClN2O/c26-11-10-23-12-18-13-24(15-23,19-4-2-1-3-5-19)17-25(14-18,16-23)22(29)28-21-8-6-20(27)7-9-21/h1-5,18,20-21H,6-17,27H2,(H,28,29)/t18?,20-,21+,23-,24-,25?/m1/s1. The zero-order valence-electron chi connectivity index (χ0n) is 17.5. The first-order chi connectivity index (χ1) is 14.0. The van der Waals surface area contributed by atoms with Crippen LogP contribution in [0.1, 0.15) is 76.2 Å². The lowest BCUT2D eigenvalue weighted by Gasteiger charge is -2.66. The first-order valence-corrected chi connectivity index (χ1v) is 12.2. The summed E-state index contributed by atoms with van der Waals surface area (Å²) in [5, 5.41) is 3.50. The highest BCUT2D eigenvalue weighted by Gasteiger charge is 2.65. The molecule has 4 heteroatoms. The van der Waals surface area contributed by atoms with Gasteiger partial charge in [-0.25, -0.2) is 0 Å². The topological polar surface area (TPSA) is 55.1 Å². The van der Waals surface area contributed by atoms with Crippen LogP contribution in [0.25, 0.3) is 0 Å². The van der Waals surface area contributed by atoms with Crippen molar-refractivity contribution in [3.05, 3.63) is 35.9 Å². The van der Waals surface area contributed by atoms with E-state index in [1.807, 2.05) is 0 Å². The summed E-state index contributed by atoms with van der Waals surface area (Å²) in [4.78, 5) is 13.8. The smallest absolute Gasteiger partial charge is 0.226 e. The van der Waals surface area contributed by atoms with Gasteiger partial charge in [-0.15, -0.1) is 11.6 Å². The minimum absolute atomic E-state index is 0.152. The average molecular weight is 415 g/mol. The van der Waals surface area contributed by atoms with Crippen LogP contribution in [0, 0.1) is 16.7 Å². The third kappa shape index (κ3) is 3.43.